The monoisotopic (exact) mass is 421 g/mol. The lowest BCUT2D eigenvalue weighted by molar-refractivity contribution is 0.302. The molecule has 1 aliphatic heterocycles. The second kappa shape index (κ2) is 7.06. The van der Waals surface area contributed by atoms with Crippen molar-refractivity contribution >= 4 is 23.1 Å². The second-order valence-corrected chi connectivity index (χ2v) is 10.7. The van der Waals surface area contributed by atoms with Gasteiger partial charge in [-0.25, -0.2) is 0 Å². The molecule has 2 aromatic carbocycles. The molecule has 5 atom stereocenters. The first-order chi connectivity index (χ1) is 14.3. The summed E-state index contributed by atoms with van der Waals surface area (Å²) in [6.45, 7) is 0.582. The molecule has 1 N–H and O–H groups in total. The van der Waals surface area contributed by atoms with Gasteiger partial charge in [-0.15, -0.1) is 11.8 Å². The van der Waals surface area contributed by atoms with E-state index in [0.717, 1.165) is 22.6 Å². The smallest absolute Gasteiger partial charge is 0.305 e. The van der Waals surface area contributed by atoms with E-state index in [1.807, 2.05) is 30.0 Å². The van der Waals surface area contributed by atoms with Gasteiger partial charge < -0.3 is 9.72 Å². The molecule has 3 nitrogen and oxygen atoms in total. The van der Waals surface area contributed by atoms with Crippen LogP contribution in [-0.2, 0) is 6.61 Å². The van der Waals surface area contributed by atoms with Gasteiger partial charge in [-0.3, -0.25) is 4.79 Å². The number of thiazole rings is 1. The van der Waals surface area contributed by atoms with Gasteiger partial charge in [0.1, 0.15) is 12.4 Å². The standard InChI is InChI=1S/C24H23NO2S2/c26-24-25-23-22(29-24)19(20-16-6-7-17(12-16)21(20)28-23)15-8-10-18(11-9-15)27-13-14-4-2-1-3-5-14/h1-5,8-11,16-17,19-21H,6-7,12-13H2,(H,25,26)/t16-,17-,19-,20-,21-/m1/s1. The van der Waals surface area contributed by atoms with Crippen LogP contribution in [0.25, 0.3) is 0 Å². The lowest BCUT2D eigenvalue weighted by Crippen LogP contribution is -2.33. The summed E-state index contributed by atoms with van der Waals surface area (Å²) in [5.41, 5.74) is 2.50. The summed E-state index contributed by atoms with van der Waals surface area (Å²) < 4.78 is 5.99. The minimum Gasteiger partial charge on any atom is -0.489 e. The van der Waals surface area contributed by atoms with Gasteiger partial charge in [-0.05, 0) is 60.3 Å². The maximum absolute atomic E-state index is 12.1. The van der Waals surface area contributed by atoms with Crippen molar-refractivity contribution < 1.29 is 4.74 Å². The molecule has 0 spiro atoms. The van der Waals surface area contributed by atoms with Gasteiger partial charge in [0.15, 0.2) is 0 Å². The second-order valence-electron chi connectivity index (χ2n) is 8.52. The Labute approximate surface area is 178 Å². The number of hydrogen-bond acceptors (Lipinski definition) is 4. The van der Waals surface area contributed by atoms with E-state index in [0.29, 0.717) is 23.7 Å². The zero-order chi connectivity index (χ0) is 19.4. The fourth-order valence-electron chi connectivity index (χ4n) is 5.73. The van der Waals surface area contributed by atoms with Crippen molar-refractivity contribution in [1.29, 1.82) is 0 Å². The van der Waals surface area contributed by atoms with Crippen LogP contribution in [0.1, 0.15) is 41.2 Å². The fraction of sp³-hybridized carbons (Fsp3) is 0.375. The van der Waals surface area contributed by atoms with Crippen LogP contribution in [0.4, 0.5) is 0 Å². The molecule has 0 amide bonds. The molecule has 3 aromatic rings. The first-order valence-electron chi connectivity index (χ1n) is 10.4. The molecule has 0 unspecified atom stereocenters. The molecule has 29 heavy (non-hydrogen) atoms. The molecule has 2 fully saturated rings. The Kier molecular flexibility index (Phi) is 4.35. The average Bonchev–Trinajstić information content (AvgIpc) is 3.46. The van der Waals surface area contributed by atoms with Crippen molar-refractivity contribution in [2.45, 2.75) is 42.1 Å². The Balaban J connectivity index is 1.30. The van der Waals surface area contributed by atoms with Crippen molar-refractivity contribution in [2.24, 2.45) is 17.8 Å². The Morgan fingerprint density at radius 2 is 1.79 bits per heavy atom. The van der Waals surface area contributed by atoms with E-state index in [1.54, 1.807) is 0 Å². The largest absolute Gasteiger partial charge is 0.489 e. The number of aromatic nitrogens is 1. The molecule has 2 aliphatic carbocycles. The Morgan fingerprint density at radius 3 is 2.62 bits per heavy atom. The van der Waals surface area contributed by atoms with Crippen LogP contribution in [0.3, 0.4) is 0 Å². The van der Waals surface area contributed by atoms with Gasteiger partial charge in [-0.1, -0.05) is 53.8 Å². The van der Waals surface area contributed by atoms with E-state index in [2.05, 4.69) is 41.4 Å². The van der Waals surface area contributed by atoms with Gasteiger partial charge >= 0.3 is 4.87 Å². The maximum Gasteiger partial charge on any atom is 0.305 e. The number of H-pyrrole nitrogens is 1. The highest BCUT2D eigenvalue weighted by Crippen LogP contribution is 2.63. The number of fused-ring (bicyclic) bond motifs is 6. The Bertz CT molecular complexity index is 1070. The molecule has 5 heteroatoms. The molecule has 3 aliphatic rings. The number of nitrogens with one attached hydrogen (secondary N) is 1. The quantitative estimate of drug-likeness (QED) is 0.590. The van der Waals surface area contributed by atoms with Crippen LogP contribution in [0.15, 0.2) is 64.4 Å². The molecule has 2 heterocycles. The van der Waals surface area contributed by atoms with Gasteiger partial charge in [0.2, 0.25) is 0 Å². The number of hydrogen-bond donors (Lipinski definition) is 1. The summed E-state index contributed by atoms with van der Waals surface area (Å²) in [5, 5.41) is 1.79. The van der Waals surface area contributed by atoms with Crippen LogP contribution >= 0.6 is 23.1 Å². The molecule has 1 aromatic heterocycles. The average molecular weight is 422 g/mol. The van der Waals surface area contributed by atoms with Gasteiger partial charge in [0.05, 0.1) is 5.03 Å². The van der Waals surface area contributed by atoms with Crippen LogP contribution in [0, 0.1) is 17.8 Å². The summed E-state index contributed by atoms with van der Waals surface area (Å²) in [7, 11) is 0. The SMILES string of the molecule is O=c1[nH]c2c(s1)[C@H](c1ccc(OCc3ccccc3)cc1)[C@H]1[C@@H]3CC[C@H](C3)[C@H]1S2. The lowest BCUT2D eigenvalue weighted by Gasteiger charge is -2.40. The summed E-state index contributed by atoms with van der Waals surface area (Å²) >= 11 is 3.37. The third kappa shape index (κ3) is 3.06. The minimum atomic E-state index is 0.0858. The van der Waals surface area contributed by atoms with E-state index in [1.165, 1.54) is 46.6 Å². The van der Waals surface area contributed by atoms with E-state index in [9.17, 15) is 4.79 Å². The number of ether oxygens (including phenoxy) is 1. The van der Waals surface area contributed by atoms with Crippen LogP contribution < -0.4 is 9.61 Å². The zero-order valence-corrected chi connectivity index (χ0v) is 17.7. The van der Waals surface area contributed by atoms with Crippen molar-refractivity contribution in [3.8, 4) is 5.75 Å². The molecular weight excluding hydrogens is 398 g/mol. The minimum absolute atomic E-state index is 0.0858. The van der Waals surface area contributed by atoms with Gasteiger partial charge in [0, 0.05) is 16.0 Å². The normalized spacial score (nSPS) is 29.4. The van der Waals surface area contributed by atoms with Crippen molar-refractivity contribution in [2.75, 3.05) is 0 Å². The maximum atomic E-state index is 12.1. The van der Waals surface area contributed by atoms with Crippen LogP contribution in [0.2, 0.25) is 0 Å². The van der Waals surface area contributed by atoms with Gasteiger partial charge in [-0.2, -0.15) is 0 Å². The molecule has 0 saturated heterocycles. The van der Waals surface area contributed by atoms with E-state index >= 15 is 0 Å². The molecule has 2 bridgehead atoms. The fourth-order valence-corrected chi connectivity index (χ4v) is 8.63. The first kappa shape index (κ1) is 17.8. The highest BCUT2D eigenvalue weighted by atomic mass is 32.2. The van der Waals surface area contributed by atoms with E-state index in [4.69, 9.17) is 4.74 Å². The van der Waals surface area contributed by atoms with Crippen LogP contribution in [-0.4, -0.2) is 10.2 Å². The molecule has 0 radical (unpaired) electrons. The summed E-state index contributed by atoms with van der Waals surface area (Å²) in [6.07, 6.45) is 4.09. The molecular formula is C24H23NO2S2. The topological polar surface area (TPSA) is 42.1 Å². The molecule has 2 saturated carbocycles. The lowest BCUT2D eigenvalue weighted by atomic mass is 9.75. The van der Waals surface area contributed by atoms with Crippen molar-refractivity contribution in [3.05, 3.63) is 80.3 Å². The first-order valence-corrected chi connectivity index (χ1v) is 12.1. The highest BCUT2D eigenvalue weighted by molar-refractivity contribution is 8.00. The van der Waals surface area contributed by atoms with Crippen LogP contribution in [0.5, 0.6) is 5.75 Å². The number of aromatic amines is 1. The molecule has 6 rings (SSSR count). The predicted molar refractivity (Wildman–Crippen MR) is 118 cm³/mol. The highest BCUT2D eigenvalue weighted by Gasteiger charge is 2.54. The summed E-state index contributed by atoms with van der Waals surface area (Å²) in [4.78, 5) is 16.6. The zero-order valence-electron chi connectivity index (χ0n) is 16.0. The predicted octanol–water partition coefficient (Wildman–Crippen LogP) is 5.67. The van der Waals surface area contributed by atoms with Gasteiger partial charge in [0.25, 0.3) is 0 Å². The Morgan fingerprint density at radius 1 is 1.00 bits per heavy atom. The van der Waals surface area contributed by atoms with E-state index < -0.39 is 0 Å². The van der Waals surface area contributed by atoms with E-state index in [-0.39, 0.29) is 4.87 Å². The third-order valence-electron chi connectivity index (χ3n) is 6.95. The molecule has 148 valence electrons. The Hall–Kier alpha value is -1.98. The van der Waals surface area contributed by atoms with Crippen molar-refractivity contribution in [3.63, 3.8) is 0 Å². The summed E-state index contributed by atoms with van der Waals surface area (Å²) in [5.74, 6) is 3.53. The number of thioether (sulfide) groups is 1. The number of rotatable bonds is 4. The van der Waals surface area contributed by atoms with Crippen molar-refractivity contribution in [1.82, 2.24) is 4.98 Å². The third-order valence-corrected chi connectivity index (χ3v) is 9.58. The summed E-state index contributed by atoms with van der Waals surface area (Å²) in [6, 6.07) is 18.9. The number of benzene rings is 2.